The Labute approximate surface area is 120 Å². The molecule has 0 saturated carbocycles. The van der Waals surface area contributed by atoms with Gasteiger partial charge in [-0.3, -0.25) is 4.79 Å². The van der Waals surface area contributed by atoms with E-state index >= 15 is 0 Å². The molecule has 0 aromatic heterocycles. The highest BCUT2D eigenvalue weighted by molar-refractivity contribution is 5.79. The quantitative estimate of drug-likeness (QED) is 0.864. The molecule has 1 unspecified atom stereocenters. The van der Waals surface area contributed by atoms with Gasteiger partial charge in [0.2, 0.25) is 5.91 Å². The van der Waals surface area contributed by atoms with Crippen LogP contribution < -0.4 is 5.32 Å². The number of nitrogens with zero attached hydrogens (tertiary/aromatic N) is 1. The summed E-state index contributed by atoms with van der Waals surface area (Å²) in [6.07, 6.45) is 3.55. The van der Waals surface area contributed by atoms with Gasteiger partial charge in [0, 0.05) is 19.1 Å². The molecule has 1 amide bonds. The zero-order valence-electron chi connectivity index (χ0n) is 12.1. The van der Waals surface area contributed by atoms with Crippen LogP contribution in [0.5, 0.6) is 5.75 Å². The maximum absolute atomic E-state index is 12.5. The Kier molecular flexibility index (Phi) is 5.41. The molecule has 1 atom stereocenters. The Morgan fingerprint density at radius 3 is 3.00 bits per heavy atom. The van der Waals surface area contributed by atoms with E-state index in [2.05, 4.69) is 12.2 Å². The van der Waals surface area contributed by atoms with Crippen LogP contribution in [0.4, 0.5) is 0 Å². The van der Waals surface area contributed by atoms with Gasteiger partial charge in [-0.2, -0.15) is 0 Å². The fourth-order valence-electron chi connectivity index (χ4n) is 2.79. The summed E-state index contributed by atoms with van der Waals surface area (Å²) >= 11 is 0. The van der Waals surface area contributed by atoms with Crippen LogP contribution >= 0.6 is 0 Å². The minimum Gasteiger partial charge on any atom is -0.508 e. The molecule has 110 valence electrons. The van der Waals surface area contributed by atoms with Crippen molar-refractivity contribution in [1.82, 2.24) is 10.2 Å². The zero-order valence-corrected chi connectivity index (χ0v) is 12.1. The molecule has 4 nitrogen and oxygen atoms in total. The van der Waals surface area contributed by atoms with Gasteiger partial charge in [0.15, 0.2) is 0 Å². The first-order valence-corrected chi connectivity index (χ1v) is 7.48. The number of amides is 1. The largest absolute Gasteiger partial charge is 0.508 e. The molecule has 0 aliphatic carbocycles. The normalized spacial score (nSPS) is 18.8. The predicted molar refractivity (Wildman–Crippen MR) is 79.7 cm³/mol. The first-order valence-electron chi connectivity index (χ1n) is 7.48. The second-order valence-electron chi connectivity index (χ2n) is 5.43. The number of benzene rings is 1. The second kappa shape index (κ2) is 7.29. The van der Waals surface area contributed by atoms with E-state index in [9.17, 15) is 9.90 Å². The number of phenolic OH excluding ortho intramolecular Hbond substituents is 1. The molecular weight excluding hydrogens is 252 g/mol. The SMILES string of the molecule is CCCN(C(=O)Cc1cccc(O)c1)C1CCCNC1. The van der Waals surface area contributed by atoms with Crippen LogP contribution in [0.1, 0.15) is 31.7 Å². The van der Waals surface area contributed by atoms with Crippen LogP contribution in [-0.2, 0) is 11.2 Å². The highest BCUT2D eigenvalue weighted by Gasteiger charge is 2.24. The monoisotopic (exact) mass is 276 g/mol. The summed E-state index contributed by atoms with van der Waals surface area (Å²) in [5.74, 6) is 0.378. The van der Waals surface area contributed by atoms with E-state index in [-0.39, 0.29) is 11.7 Å². The van der Waals surface area contributed by atoms with E-state index in [0.717, 1.165) is 44.5 Å². The fraction of sp³-hybridized carbons (Fsp3) is 0.562. The van der Waals surface area contributed by atoms with Crippen molar-refractivity contribution in [2.45, 2.75) is 38.6 Å². The molecular formula is C16H24N2O2. The molecule has 0 radical (unpaired) electrons. The number of nitrogens with one attached hydrogen (secondary N) is 1. The number of carbonyl (C=O) groups excluding carboxylic acids is 1. The van der Waals surface area contributed by atoms with E-state index in [0.29, 0.717) is 12.5 Å². The Morgan fingerprint density at radius 1 is 1.50 bits per heavy atom. The Balaban J connectivity index is 2.02. The van der Waals surface area contributed by atoms with Crippen molar-refractivity contribution < 1.29 is 9.90 Å². The number of phenols is 1. The van der Waals surface area contributed by atoms with E-state index < -0.39 is 0 Å². The summed E-state index contributed by atoms with van der Waals surface area (Å²) in [7, 11) is 0. The van der Waals surface area contributed by atoms with Gasteiger partial charge in [0.1, 0.15) is 5.75 Å². The third-order valence-corrected chi connectivity index (χ3v) is 3.76. The van der Waals surface area contributed by atoms with Gasteiger partial charge in [-0.25, -0.2) is 0 Å². The van der Waals surface area contributed by atoms with Crippen molar-refractivity contribution in [2.24, 2.45) is 0 Å². The van der Waals surface area contributed by atoms with Crippen LogP contribution in [0.25, 0.3) is 0 Å². The van der Waals surface area contributed by atoms with E-state index in [4.69, 9.17) is 0 Å². The van der Waals surface area contributed by atoms with Gasteiger partial charge in [-0.1, -0.05) is 19.1 Å². The summed E-state index contributed by atoms with van der Waals surface area (Å²) in [5, 5.41) is 12.8. The lowest BCUT2D eigenvalue weighted by Gasteiger charge is -2.34. The zero-order chi connectivity index (χ0) is 14.4. The van der Waals surface area contributed by atoms with Crippen molar-refractivity contribution in [3.63, 3.8) is 0 Å². The van der Waals surface area contributed by atoms with Crippen molar-refractivity contribution in [2.75, 3.05) is 19.6 Å². The lowest BCUT2D eigenvalue weighted by Crippen LogP contribution is -2.49. The van der Waals surface area contributed by atoms with Gasteiger partial charge in [-0.05, 0) is 43.5 Å². The minimum absolute atomic E-state index is 0.158. The summed E-state index contributed by atoms with van der Waals surface area (Å²) in [5.41, 5.74) is 0.875. The fourth-order valence-corrected chi connectivity index (χ4v) is 2.79. The summed E-state index contributed by atoms with van der Waals surface area (Å²) in [6, 6.07) is 7.28. The van der Waals surface area contributed by atoms with Crippen LogP contribution in [0.15, 0.2) is 24.3 Å². The van der Waals surface area contributed by atoms with E-state index in [1.54, 1.807) is 18.2 Å². The molecule has 1 aromatic carbocycles. The first kappa shape index (κ1) is 14.9. The van der Waals surface area contributed by atoms with Crippen molar-refractivity contribution in [1.29, 1.82) is 0 Å². The molecule has 2 rings (SSSR count). The van der Waals surface area contributed by atoms with Crippen molar-refractivity contribution >= 4 is 5.91 Å². The number of carbonyl (C=O) groups is 1. The van der Waals surface area contributed by atoms with E-state index in [1.165, 1.54) is 0 Å². The molecule has 1 aliphatic rings. The Hall–Kier alpha value is -1.55. The van der Waals surface area contributed by atoms with Crippen LogP contribution in [0.2, 0.25) is 0 Å². The third-order valence-electron chi connectivity index (χ3n) is 3.76. The van der Waals surface area contributed by atoms with Crippen LogP contribution in [-0.4, -0.2) is 41.6 Å². The van der Waals surface area contributed by atoms with Crippen molar-refractivity contribution in [3.05, 3.63) is 29.8 Å². The lowest BCUT2D eigenvalue weighted by atomic mass is 10.0. The van der Waals surface area contributed by atoms with Crippen LogP contribution in [0.3, 0.4) is 0 Å². The topological polar surface area (TPSA) is 52.6 Å². The predicted octanol–water partition coefficient (Wildman–Crippen LogP) is 1.93. The first-order chi connectivity index (χ1) is 9.70. The van der Waals surface area contributed by atoms with Gasteiger partial charge in [-0.15, -0.1) is 0 Å². The summed E-state index contributed by atoms with van der Waals surface area (Å²) < 4.78 is 0. The van der Waals surface area contributed by atoms with Gasteiger partial charge in [0.25, 0.3) is 0 Å². The molecule has 0 bridgehead atoms. The minimum atomic E-state index is 0.158. The maximum atomic E-state index is 12.5. The molecule has 1 heterocycles. The summed E-state index contributed by atoms with van der Waals surface area (Å²) in [4.78, 5) is 14.5. The third kappa shape index (κ3) is 3.97. The second-order valence-corrected chi connectivity index (χ2v) is 5.43. The highest BCUT2D eigenvalue weighted by atomic mass is 16.3. The number of aromatic hydroxyl groups is 1. The molecule has 1 fully saturated rings. The van der Waals surface area contributed by atoms with Gasteiger partial charge in [0.05, 0.1) is 6.42 Å². The lowest BCUT2D eigenvalue weighted by molar-refractivity contribution is -0.133. The number of hydrogen-bond donors (Lipinski definition) is 2. The Bertz CT molecular complexity index is 442. The maximum Gasteiger partial charge on any atom is 0.227 e. The summed E-state index contributed by atoms with van der Waals surface area (Å²) in [6.45, 7) is 4.86. The molecule has 1 aromatic rings. The number of piperidine rings is 1. The molecule has 20 heavy (non-hydrogen) atoms. The molecule has 4 heteroatoms. The smallest absolute Gasteiger partial charge is 0.227 e. The molecule has 2 N–H and O–H groups in total. The average Bonchev–Trinajstić information content (AvgIpc) is 2.45. The van der Waals surface area contributed by atoms with Crippen LogP contribution in [0, 0.1) is 0 Å². The molecule has 1 aliphatic heterocycles. The van der Waals surface area contributed by atoms with E-state index in [1.807, 2.05) is 11.0 Å². The van der Waals surface area contributed by atoms with Crippen molar-refractivity contribution in [3.8, 4) is 5.75 Å². The standard InChI is InChI=1S/C16H24N2O2/c1-2-9-18(14-6-4-8-17-12-14)16(20)11-13-5-3-7-15(19)10-13/h3,5,7,10,14,17,19H,2,4,6,8-9,11-12H2,1H3. The van der Waals surface area contributed by atoms with Gasteiger partial charge < -0.3 is 15.3 Å². The number of rotatable bonds is 5. The molecule has 1 saturated heterocycles. The molecule has 0 spiro atoms. The number of hydrogen-bond acceptors (Lipinski definition) is 3. The average molecular weight is 276 g/mol. The Morgan fingerprint density at radius 2 is 2.35 bits per heavy atom. The highest BCUT2D eigenvalue weighted by Crippen LogP contribution is 2.16. The van der Waals surface area contributed by atoms with Gasteiger partial charge >= 0.3 is 0 Å².